The summed E-state index contributed by atoms with van der Waals surface area (Å²) >= 11 is 0. The van der Waals surface area contributed by atoms with E-state index in [4.69, 9.17) is 9.84 Å². The second-order valence-electron chi connectivity index (χ2n) is 3.27. The predicted molar refractivity (Wildman–Crippen MR) is 57.2 cm³/mol. The van der Waals surface area contributed by atoms with Crippen LogP contribution in [0.2, 0.25) is 0 Å². The summed E-state index contributed by atoms with van der Waals surface area (Å²) in [5, 5.41) is 11.9. The molecule has 2 heterocycles. The summed E-state index contributed by atoms with van der Waals surface area (Å²) in [7, 11) is 0. The molecule has 15 heavy (non-hydrogen) atoms. The molecule has 1 fully saturated rings. The Morgan fingerprint density at radius 2 is 2.00 bits per heavy atom. The van der Waals surface area contributed by atoms with Crippen molar-refractivity contribution in [1.82, 2.24) is 10.3 Å². The van der Waals surface area contributed by atoms with Gasteiger partial charge in [-0.15, -0.1) is 0 Å². The van der Waals surface area contributed by atoms with E-state index in [9.17, 15) is 4.79 Å². The molecule has 0 bridgehead atoms. The third-order valence-electron chi connectivity index (χ3n) is 1.82. The SMILES string of the molecule is C1COCCN1.Cc1cc(O)[nH]c(=O)c1. The van der Waals surface area contributed by atoms with Gasteiger partial charge in [0.25, 0.3) is 5.56 Å². The first-order valence-corrected chi connectivity index (χ1v) is 4.87. The van der Waals surface area contributed by atoms with Crippen molar-refractivity contribution >= 4 is 0 Å². The number of morpholine rings is 1. The summed E-state index contributed by atoms with van der Waals surface area (Å²) in [6, 6.07) is 2.90. The molecule has 84 valence electrons. The number of pyridine rings is 1. The van der Waals surface area contributed by atoms with Crippen LogP contribution in [0.5, 0.6) is 5.88 Å². The van der Waals surface area contributed by atoms with Crippen LogP contribution in [0.3, 0.4) is 0 Å². The van der Waals surface area contributed by atoms with Gasteiger partial charge in [0.2, 0.25) is 0 Å². The molecule has 5 heteroatoms. The van der Waals surface area contributed by atoms with E-state index in [0.29, 0.717) is 0 Å². The van der Waals surface area contributed by atoms with Gasteiger partial charge in [0.1, 0.15) is 0 Å². The minimum atomic E-state index is -0.271. The van der Waals surface area contributed by atoms with Crippen LogP contribution in [-0.2, 0) is 4.74 Å². The molecule has 2 rings (SSSR count). The fourth-order valence-electron chi connectivity index (χ4n) is 1.18. The second-order valence-corrected chi connectivity index (χ2v) is 3.27. The quantitative estimate of drug-likeness (QED) is 0.565. The number of aryl methyl sites for hydroxylation is 1. The summed E-state index contributed by atoms with van der Waals surface area (Å²) in [6.07, 6.45) is 0. The molecule has 0 unspecified atom stereocenters. The van der Waals surface area contributed by atoms with E-state index in [1.54, 1.807) is 6.92 Å². The average Bonchev–Trinajstić information content (AvgIpc) is 2.19. The monoisotopic (exact) mass is 212 g/mol. The third kappa shape index (κ3) is 5.19. The Bertz CT molecular complexity index is 310. The lowest BCUT2D eigenvalue weighted by Crippen LogP contribution is -2.30. The van der Waals surface area contributed by atoms with Gasteiger partial charge in [-0.2, -0.15) is 0 Å². The molecule has 0 amide bonds. The van der Waals surface area contributed by atoms with Crippen molar-refractivity contribution in [1.29, 1.82) is 0 Å². The number of ether oxygens (including phenoxy) is 1. The molecule has 0 saturated carbocycles. The van der Waals surface area contributed by atoms with Gasteiger partial charge in [0.15, 0.2) is 5.88 Å². The molecule has 1 aliphatic heterocycles. The maximum absolute atomic E-state index is 10.5. The normalized spacial score (nSPS) is 15.3. The van der Waals surface area contributed by atoms with E-state index >= 15 is 0 Å². The summed E-state index contributed by atoms with van der Waals surface area (Å²) in [6.45, 7) is 5.58. The van der Waals surface area contributed by atoms with E-state index < -0.39 is 0 Å². The first-order valence-electron chi connectivity index (χ1n) is 4.87. The van der Waals surface area contributed by atoms with E-state index in [1.165, 1.54) is 12.1 Å². The van der Waals surface area contributed by atoms with Crippen LogP contribution in [0.25, 0.3) is 0 Å². The molecule has 0 aromatic carbocycles. The van der Waals surface area contributed by atoms with Gasteiger partial charge in [-0.05, 0) is 12.5 Å². The number of aromatic nitrogens is 1. The highest BCUT2D eigenvalue weighted by Gasteiger charge is 1.93. The summed E-state index contributed by atoms with van der Waals surface area (Å²) in [5.74, 6) is -0.0833. The maximum Gasteiger partial charge on any atom is 0.250 e. The zero-order valence-corrected chi connectivity index (χ0v) is 8.75. The molecule has 3 N–H and O–H groups in total. The van der Waals surface area contributed by atoms with E-state index in [-0.39, 0.29) is 11.4 Å². The number of hydrogen-bond donors (Lipinski definition) is 3. The van der Waals surface area contributed by atoms with Gasteiger partial charge in [-0.25, -0.2) is 0 Å². The van der Waals surface area contributed by atoms with Crippen LogP contribution in [-0.4, -0.2) is 36.4 Å². The Morgan fingerprint density at radius 1 is 1.33 bits per heavy atom. The van der Waals surface area contributed by atoms with E-state index in [0.717, 1.165) is 31.9 Å². The first-order chi connectivity index (χ1) is 7.18. The maximum atomic E-state index is 10.5. The van der Waals surface area contributed by atoms with Crippen molar-refractivity contribution in [3.05, 3.63) is 28.0 Å². The molecule has 0 spiro atoms. The zero-order chi connectivity index (χ0) is 11.1. The molecule has 1 aromatic rings. The third-order valence-corrected chi connectivity index (χ3v) is 1.82. The van der Waals surface area contributed by atoms with Crippen molar-refractivity contribution in [3.8, 4) is 5.88 Å². The highest BCUT2D eigenvalue weighted by atomic mass is 16.5. The minimum Gasteiger partial charge on any atom is -0.495 e. The van der Waals surface area contributed by atoms with Gasteiger partial charge in [0.05, 0.1) is 13.2 Å². The topological polar surface area (TPSA) is 74.3 Å². The molecular formula is C10H16N2O3. The van der Waals surface area contributed by atoms with Crippen LogP contribution in [0.15, 0.2) is 16.9 Å². The van der Waals surface area contributed by atoms with Gasteiger partial charge < -0.3 is 15.2 Å². The lowest BCUT2D eigenvalue weighted by molar-refractivity contribution is 0.109. The van der Waals surface area contributed by atoms with Crippen molar-refractivity contribution in [2.45, 2.75) is 6.92 Å². The van der Waals surface area contributed by atoms with Gasteiger partial charge in [-0.1, -0.05) is 0 Å². The number of aromatic hydroxyl groups is 1. The molecular weight excluding hydrogens is 196 g/mol. The summed E-state index contributed by atoms with van der Waals surface area (Å²) in [4.78, 5) is 12.7. The fourth-order valence-corrected chi connectivity index (χ4v) is 1.18. The van der Waals surface area contributed by atoms with Crippen LogP contribution < -0.4 is 10.9 Å². The number of rotatable bonds is 0. The van der Waals surface area contributed by atoms with Crippen molar-refractivity contribution < 1.29 is 9.84 Å². The second kappa shape index (κ2) is 6.21. The van der Waals surface area contributed by atoms with Crippen LogP contribution in [0.4, 0.5) is 0 Å². The van der Waals surface area contributed by atoms with Crippen molar-refractivity contribution in [2.24, 2.45) is 0 Å². The number of aromatic amines is 1. The lowest BCUT2D eigenvalue weighted by atomic mass is 10.3. The zero-order valence-electron chi connectivity index (χ0n) is 8.75. The average molecular weight is 212 g/mol. The highest BCUT2D eigenvalue weighted by Crippen LogP contribution is 2.00. The lowest BCUT2D eigenvalue weighted by Gasteiger charge is -2.10. The Morgan fingerprint density at radius 3 is 2.33 bits per heavy atom. The fraction of sp³-hybridized carbons (Fsp3) is 0.500. The Hall–Kier alpha value is -1.33. The molecule has 5 nitrogen and oxygen atoms in total. The molecule has 0 aliphatic carbocycles. The number of nitrogens with one attached hydrogen (secondary N) is 2. The Labute approximate surface area is 88.1 Å². The summed E-state index contributed by atoms with van der Waals surface area (Å²) in [5.41, 5.74) is 0.490. The molecule has 1 aromatic heterocycles. The van der Waals surface area contributed by atoms with E-state index in [2.05, 4.69) is 10.3 Å². The van der Waals surface area contributed by atoms with E-state index in [1.807, 2.05) is 0 Å². The van der Waals surface area contributed by atoms with Crippen molar-refractivity contribution in [3.63, 3.8) is 0 Å². The largest absolute Gasteiger partial charge is 0.495 e. The number of hydrogen-bond acceptors (Lipinski definition) is 4. The molecule has 0 atom stereocenters. The van der Waals surface area contributed by atoms with Crippen LogP contribution >= 0.6 is 0 Å². The number of H-pyrrole nitrogens is 1. The van der Waals surface area contributed by atoms with Gasteiger partial charge in [-0.3, -0.25) is 9.78 Å². The summed E-state index contributed by atoms with van der Waals surface area (Å²) < 4.78 is 5.01. The van der Waals surface area contributed by atoms with Gasteiger partial charge >= 0.3 is 0 Å². The Kier molecular flexibility index (Phi) is 4.86. The predicted octanol–water partition coefficient (Wildman–Crippen LogP) is -0.00488. The van der Waals surface area contributed by atoms with Crippen LogP contribution in [0, 0.1) is 6.92 Å². The Balaban J connectivity index is 0.000000162. The van der Waals surface area contributed by atoms with Crippen molar-refractivity contribution in [2.75, 3.05) is 26.3 Å². The first kappa shape index (κ1) is 11.7. The minimum absolute atomic E-state index is 0.0833. The molecule has 1 saturated heterocycles. The van der Waals surface area contributed by atoms with Crippen LogP contribution in [0.1, 0.15) is 5.56 Å². The highest BCUT2D eigenvalue weighted by molar-refractivity contribution is 5.17. The molecule has 1 aliphatic rings. The standard InChI is InChI=1S/C6H7NO2.C4H9NO/c1-4-2-5(8)7-6(9)3-4;1-3-6-4-2-5-1/h2-3H,1H3,(H2,7,8,9);5H,1-4H2. The smallest absolute Gasteiger partial charge is 0.250 e. The molecule has 0 radical (unpaired) electrons. The van der Waals surface area contributed by atoms with Gasteiger partial charge in [0, 0.05) is 25.2 Å².